The molecule has 8 nitrogen and oxygen atoms in total. The first-order valence-corrected chi connectivity index (χ1v) is 8.91. The summed E-state index contributed by atoms with van der Waals surface area (Å²) in [6.07, 6.45) is 1.93. The highest BCUT2D eigenvalue weighted by Gasteiger charge is 2.46. The fraction of sp³-hybridized carbons (Fsp3) is 0.692. The van der Waals surface area contributed by atoms with Crippen LogP contribution < -0.4 is 5.73 Å². The molecule has 0 aliphatic rings. The summed E-state index contributed by atoms with van der Waals surface area (Å²) in [5, 5.41) is 15.6. The quantitative estimate of drug-likeness (QED) is 0.398. The van der Waals surface area contributed by atoms with E-state index in [9.17, 15) is 9.59 Å². The van der Waals surface area contributed by atoms with Crippen molar-refractivity contribution in [1.82, 2.24) is 0 Å². The van der Waals surface area contributed by atoms with Gasteiger partial charge in [-0.15, -0.1) is 0 Å². The van der Waals surface area contributed by atoms with Crippen molar-refractivity contribution in [2.75, 3.05) is 19.8 Å². The molecule has 0 saturated carbocycles. The molecule has 0 aromatic carbocycles. The number of nitrogens with two attached hydrogens (primary N) is 1. The molecule has 130 valence electrons. The molecule has 0 radical (unpaired) electrons. The van der Waals surface area contributed by atoms with Crippen LogP contribution in [0.5, 0.6) is 0 Å². The Morgan fingerprint density at radius 3 is 1.45 bits per heavy atom. The minimum Gasteiger partial charge on any atom is -0.478 e. The molecular weight excluding hydrogens is 310 g/mol. The third-order valence-corrected chi connectivity index (χ3v) is 5.69. The van der Waals surface area contributed by atoms with Crippen molar-refractivity contribution in [3.05, 3.63) is 12.2 Å². The van der Waals surface area contributed by atoms with Crippen LogP contribution in [0.1, 0.15) is 34.1 Å². The van der Waals surface area contributed by atoms with Crippen molar-refractivity contribution in [1.29, 1.82) is 0 Å². The summed E-state index contributed by atoms with van der Waals surface area (Å²) in [5.74, 6) is -2.51. The van der Waals surface area contributed by atoms with E-state index >= 15 is 0 Å². The molecule has 22 heavy (non-hydrogen) atoms. The molecule has 0 saturated heterocycles. The van der Waals surface area contributed by atoms with Gasteiger partial charge in [0, 0.05) is 32.0 Å². The second-order valence-corrected chi connectivity index (χ2v) is 6.74. The Hall–Kier alpha value is -1.26. The molecule has 0 aliphatic heterocycles. The summed E-state index contributed by atoms with van der Waals surface area (Å²) in [5.41, 5.74) is 5.87. The Morgan fingerprint density at radius 2 is 1.27 bits per heavy atom. The molecule has 0 aliphatic carbocycles. The Kier molecular flexibility index (Phi) is 14.0. The molecule has 0 rings (SSSR count). The van der Waals surface area contributed by atoms with Crippen LogP contribution in [-0.4, -0.2) is 56.4 Å². The largest absolute Gasteiger partial charge is 0.518 e. The van der Waals surface area contributed by atoms with Crippen LogP contribution in [0.15, 0.2) is 12.2 Å². The molecule has 0 bridgehead atoms. The number of aliphatic carboxylic acids is 2. The first-order valence-electron chi connectivity index (χ1n) is 7.10. The van der Waals surface area contributed by atoms with Gasteiger partial charge in [-0.1, -0.05) is 6.92 Å². The zero-order chi connectivity index (χ0) is 17.6. The van der Waals surface area contributed by atoms with Gasteiger partial charge in [0.1, 0.15) is 0 Å². The van der Waals surface area contributed by atoms with Crippen LogP contribution in [-0.2, 0) is 22.9 Å². The van der Waals surface area contributed by atoms with E-state index in [4.69, 9.17) is 29.2 Å². The lowest BCUT2D eigenvalue weighted by atomic mass is 10.5. The van der Waals surface area contributed by atoms with Crippen molar-refractivity contribution in [3.63, 3.8) is 0 Å². The Bertz CT molecular complexity index is 316. The second-order valence-electron chi connectivity index (χ2n) is 3.93. The molecule has 4 N–H and O–H groups in total. The van der Waals surface area contributed by atoms with E-state index in [-0.39, 0.29) is 5.67 Å². The van der Waals surface area contributed by atoms with Crippen molar-refractivity contribution in [2.45, 2.75) is 39.8 Å². The standard InChI is InChI=1S/C9H23NO3Si.C4H4O4/c1-5-9(10)14(11-6-2,12-7-3)13-8-4;5-3(6)1-2-4(7)8/h9H,5-8,10H2,1-4H3;1-2H,(H,5,6)(H,7,8)/b;2-1-. The highest BCUT2D eigenvalue weighted by Crippen LogP contribution is 2.15. The SMILES string of the molecule is CCO[Si](OCC)(OCC)C(N)CC.O=C(O)/C=C\C(=O)O. The smallest absolute Gasteiger partial charge is 0.478 e. The van der Waals surface area contributed by atoms with Gasteiger partial charge in [0.15, 0.2) is 0 Å². The number of carbonyl (C=O) groups is 2. The van der Waals surface area contributed by atoms with E-state index in [0.29, 0.717) is 32.0 Å². The highest BCUT2D eigenvalue weighted by atomic mass is 28.4. The zero-order valence-corrected chi connectivity index (χ0v) is 14.6. The van der Waals surface area contributed by atoms with Gasteiger partial charge in [0.05, 0.1) is 5.67 Å². The summed E-state index contributed by atoms with van der Waals surface area (Å²) in [6.45, 7) is 9.57. The molecule has 0 fully saturated rings. The van der Waals surface area contributed by atoms with Gasteiger partial charge >= 0.3 is 20.7 Å². The van der Waals surface area contributed by atoms with Gasteiger partial charge in [0.25, 0.3) is 0 Å². The lowest BCUT2D eigenvalue weighted by Gasteiger charge is -2.32. The van der Waals surface area contributed by atoms with E-state index in [0.717, 1.165) is 6.42 Å². The molecule has 0 heterocycles. The molecule has 1 unspecified atom stereocenters. The van der Waals surface area contributed by atoms with Crippen molar-refractivity contribution in [2.24, 2.45) is 5.73 Å². The zero-order valence-electron chi connectivity index (χ0n) is 13.6. The van der Waals surface area contributed by atoms with Crippen molar-refractivity contribution < 1.29 is 33.1 Å². The molecule has 0 spiro atoms. The summed E-state index contributed by atoms with van der Waals surface area (Å²) in [4.78, 5) is 19.1. The third kappa shape index (κ3) is 10.5. The average molecular weight is 337 g/mol. The van der Waals surface area contributed by atoms with E-state index in [2.05, 4.69) is 0 Å². The summed E-state index contributed by atoms with van der Waals surface area (Å²) in [6, 6.07) is 0. The fourth-order valence-corrected chi connectivity index (χ4v) is 4.04. The Morgan fingerprint density at radius 1 is 0.955 bits per heavy atom. The third-order valence-electron chi connectivity index (χ3n) is 2.30. The first kappa shape index (κ1) is 23.0. The van der Waals surface area contributed by atoms with Crippen LogP contribution in [0.2, 0.25) is 0 Å². The van der Waals surface area contributed by atoms with Crippen LogP contribution in [0, 0.1) is 0 Å². The van der Waals surface area contributed by atoms with Crippen LogP contribution in [0.25, 0.3) is 0 Å². The number of hydrogen-bond acceptors (Lipinski definition) is 6. The van der Waals surface area contributed by atoms with E-state index in [1.165, 1.54) is 0 Å². The number of carboxylic acid groups (broad SMARTS) is 2. The van der Waals surface area contributed by atoms with Crippen LogP contribution >= 0.6 is 0 Å². The molecule has 0 amide bonds. The molecule has 0 aromatic heterocycles. The minimum atomic E-state index is -2.62. The number of hydrogen-bond donors (Lipinski definition) is 3. The molecule has 0 aromatic rings. The summed E-state index contributed by atoms with van der Waals surface area (Å²) in [7, 11) is -2.62. The second kappa shape index (κ2) is 13.4. The maximum absolute atomic E-state index is 9.55. The van der Waals surface area contributed by atoms with E-state index in [1.54, 1.807) is 0 Å². The van der Waals surface area contributed by atoms with E-state index < -0.39 is 20.7 Å². The van der Waals surface area contributed by atoms with Gasteiger partial charge in [-0.2, -0.15) is 0 Å². The molecular formula is C13H27NO7Si. The predicted octanol–water partition coefficient (Wildman–Crippen LogP) is 1.02. The van der Waals surface area contributed by atoms with Crippen LogP contribution in [0.4, 0.5) is 0 Å². The maximum Gasteiger partial charge on any atom is 0.518 e. The van der Waals surface area contributed by atoms with E-state index in [1.807, 2.05) is 27.7 Å². The Labute approximate surface area is 132 Å². The first-order chi connectivity index (χ1) is 10.3. The molecule has 9 heteroatoms. The van der Waals surface area contributed by atoms with Gasteiger partial charge in [-0.25, -0.2) is 9.59 Å². The lowest BCUT2D eigenvalue weighted by Crippen LogP contribution is -2.60. The van der Waals surface area contributed by atoms with Gasteiger partial charge in [-0.3, -0.25) is 0 Å². The number of carboxylic acids is 2. The van der Waals surface area contributed by atoms with Crippen LogP contribution in [0.3, 0.4) is 0 Å². The monoisotopic (exact) mass is 337 g/mol. The van der Waals surface area contributed by atoms with Gasteiger partial charge in [0.2, 0.25) is 0 Å². The fourth-order valence-electron chi connectivity index (χ4n) is 1.44. The normalized spacial score (nSPS) is 12.6. The number of rotatable bonds is 10. The van der Waals surface area contributed by atoms with Crippen molar-refractivity contribution >= 4 is 20.7 Å². The molecule has 1 atom stereocenters. The van der Waals surface area contributed by atoms with Gasteiger partial charge in [-0.05, 0) is 27.2 Å². The highest BCUT2D eigenvalue weighted by molar-refractivity contribution is 6.62. The van der Waals surface area contributed by atoms with Gasteiger partial charge < -0.3 is 29.2 Å². The lowest BCUT2D eigenvalue weighted by molar-refractivity contribution is -0.134. The average Bonchev–Trinajstić information content (AvgIpc) is 2.45. The minimum absolute atomic E-state index is 0.123. The summed E-state index contributed by atoms with van der Waals surface area (Å²) < 4.78 is 16.9. The predicted molar refractivity (Wildman–Crippen MR) is 83.3 cm³/mol. The summed E-state index contributed by atoms with van der Waals surface area (Å²) >= 11 is 0. The topological polar surface area (TPSA) is 128 Å². The Balaban J connectivity index is 0. The van der Waals surface area contributed by atoms with Crippen molar-refractivity contribution in [3.8, 4) is 0 Å². The maximum atomic E-state index is 9.55.